The van der Waals surface area contributed by atoms with Gasteiger partial charge >= 0.3 is 0 Å². The molecule has 1 aliphatic carbocycles. The SMILES string of the molecule is Fc1ccc2nc(C3=CCCCC3)ccc2c1. The van der Waals surface area contributed by atoms with Gasteiger partial charge in [0.25, 0.3) is 0 Å². The lowest BCUT2D eigenvalue weighted by atomic mass is 9.96. The van der Waals surface area contributed by atoms with Crippen LogP contribution < -0.4 is 0 Å². The highest BCUT2D eigenvalue weighted by atomic mass is 19.1. The van der Waals surface area contributed by atoms with E-state index in [0.29, 0.717) is 0 Å². The highest BCUT2D eigenvalue weighted by Crippen LogP contribution is 2.26. The molecule has 0 bridgehead atoms. The maximum Gasteiger partial charge on any atom is 0.123 e. The first-order chi connectivity index (χ1) is 8.33. The molecule has 1 heterocycles. The summed E-state index contributed by atoms with van der Waals surface area (Å²) >= 11 is 0. The van der Waals surface area contributed by atoms with Gasteiger partial charge < -0.3 is 0 Å². The second kappa shape index (κ2) is 4.28. The van der Waals surface area contributed by atoms with E-state index in [1.165, 1.54) is 30.5 Å². The molecule has 0 atom stereocenters. The Bertz CT molecular complexity index is 586. The normalized spacial score (nSPS) is 15.9. The topological polar surface area (TPSA) is 12.9 Å². The Morgan fingerprint density at radius 3 is 2.82 bits per heavy atom. The Morgan fingerprint density at radius 2 is 2.00 bits per heavy atom. The third-order valence-electron chi connectivity index (χ3n) is 3.27. The molecule has 0 saturated carbocycles. The van der Waals surface area contributed by atoms with E-state index in [1.54, 1.807) is 6.07 Å². The van der Waals surface area contributed by atoms with Gasteiger partial charge in [-0.05, 0) is 55.5 Å². The molecule has 0 N–H and O–H groups in total. The first-order valence-electron chi connectivity index (χ1n) is 6.09. The summed E-state index contributed by atoms with van der Waals surface area (Å²) in [5.74, 6) is -0.205. The number of benzene rings is 1. The Kier molecular flexibility index (Phi) is 2.63. The maximum absolute atomic E-state index is 13.1. The van der Waals surface area contributed by atoms with Gasteiger partial charge in [0.2, 0.25) is 0 Å². The molecule has 0 saturated heterocycles. The largest absolute Gasteiger partial charge is 0.248 e. The van der Waals surface area contributed by atoms with Crippen LogP contribution in [0.1, 0.15) is 31.4 Å². The fraction of sp³-hybridized carbons (Fsp3) is 0.267. The third kappa shape index (κ3) is 2.07. The van der Waals surface area contributed by atoms with E-state index in [9.17, 15) is 4.39 Å². The lowest BCUT2D eigenvalue weighted by molar-refractivity contribution is 0.629. The molecule has 86 valence electrons. The van der Waals surface area contributed by atoms with E-state index in [1.807, 2.05) is 12.1 Å². The van der Waals surface area contributed by atoms with Crippen LogP contribution in [0.25, 0.3) is 16.5 Å². The average molecular weight is 227 g/mol. The molecule has 1 aromatic heterocycles. The lowest BCUT2D eigenvalue weighted by Gasteiger charge is -2.12. The van der Waals surface area contributed by atoms with Crippen LogP contribution in [0.4, 0.5) is 4.39 Å². The van der Waals surface area contributed by atoms with Crippen molar-refractivity contribution in [2.24, 2.45) is 0 Å². The van der Waals surface area contributed by atoms with E-state index >= 15 is 0 Å². The van der Waals surface area contributed by atoms with E-state index < -0.39 is 0 Å². The molecule has 17 heavy (non-hydrogen) atoms. The fourth-order valence-electron chi connectivity index (χ4n) is 2.35. The maximum atomic E-state index is 13.1. The van der Waals surface area contributed by atoms with Gasteiger partial charge in [-0.2, -0.15) is 0 Å². The summed E-state index contributed by atoms with van der Waals surface area (Å²) < 4.78 is 13.1. The van der Waals surface area contributed by atoms with E-state index in [0.717, 1.165) is 29.4 Å². The van der Waals surface area contributed by atoms with Crippen LogP contribution >= 0.6 is 0 Å². The van der Waals surface area contributed by atoms with Crippen LogP contribution in [0.2, 0.25) is 0 Å². The molecule has 0 aliphatic heterocycles. The molecule has 1 nitrogen and oxygen atoms in total. The molecule has 0 fully saturated rings. The van der Waals surface area contributed by atoms with Crippen LogP contribution in [-0.4, -0.2) is 4.98 Å². The van der Waals surface area contributed by atoms with Crippen LogP contribution in [0.5, 0.6) is 0 Å². The molecule has 2 aromatic rings. The number of halogens is 1. The Balaban J connectivity index is 2.07. The second-order valence-electron chi connectivity index (χ2n) is 4.51. The minimum Gasteiger partial charge on any atom is -0.248 e. The number of hydrogen-bond acceptors (Lipinski definition) is 1. The van der Waals surface area contributed by atoms with Crippen molar-refractivity contribution < 1.29 is 4.39 Å². The van der Waals surface area contributed by atoms with Gasteiger partial charge in [-0.25, -0.2) is 9.37 Å². The predicted molar refractivity (Wildman–Crippen MR) is 68.1 cm³/mol. The second-order valence-corrected chi connectivity index (χ2v) is 4.51. The molecule has 0 unspecified atom stereocenters. The number of rotatable bonds is 1. The summed E-state index contributed by atoms with van der Waals surface area (Å²) in [7, 11) is 0. The first kappa shape index (κ1) is 10.5. The number of nitrogens with zero attached hydrogens (tertiary/aromatic N) is 1. The van der Waals surface area contributed by atoms with E-state index in [-0.39, 0.29) is 5.82 Å². The Morgan fingerprint density at radius 1 is 1.06 bits per heavy atom. The monoisotopic (exact) mass is 227 g/mol. The quantitative estimate of drug-likeness (QED) is 0.706. The van der Waals surface area contributed by atoms with Crippen molar-refractivity contribution in [3.63, 3.8) is 0 Å². The molecule has 2 heteroatoms. The van der Waals surface area contributed by atoms with Crippen molar-refractivity contribution in [3.8, 4) is 0 Å². The molecule has 0 amide bonds. The molecule has 1 aliphatic rings. The van der Waals surface area contributed by atoms with Gasteiger partial charge in [-0.15, -0.1) is 0 Å². The van der Waals surface area contributed by atoms with Crippen molar-refractivity contribution in [1.82, 2.24) is 4.98 Å². The zero-order valence-corrected chi connectivity index (χ0v) is 9.62. The van der Waals surface area contributed by atoms with Gasteiger partial charge in [0.1, 0.15) is 5.82 Å². The van der Waals surface area contributed by atoms with Gasteiger partial charge in [-0.3, -0.25) is 0 Å². The Hall–Kier alpha value is -1.70. The van der Waals surface area contributed by atoms with Gasteiger partial charge in [0.15, 0.2) is 0 Å². The minimum absolute atomic E-state index is 0.205. The molecule has 1 aromatic carbocycles. The fourth-order valence-corrected chi connectivity index (χ4v) is 2.35. The van der Waals surface area contributed by atoms with Crippen molar-refractivity contribution in [3.05, 3.63) is 47.9 Å². The van der Waals surface area contributed by atoms with Gasteiger partial charge in [0.05, 0.1) is 11.2 Å². The first-order valence-corrected chi connectivity index (χ1v) is 6.09. The zero-order chi connectivity index (χ0) is 11.7. The van der Waals surface area contributed by atoms with Crippen molar-refractivity contribution >= 4 is 16.5 Å². The summed E-state index contributed by atoms with van der Waals surface area (Å²) in [5.41, 5.74) is 3.25. The van der Waals surface area contributed by atoms with Crippen molar-refractivity contribution in [1.29, 1.82) is 0 Å². The summed E-state index contributed by atoms with van der Waals surface area (Å²) in [6, 6.07) is 8.70. The number of pyridine rings is 1. The molecule has 0 spiro atoms. The van der Waals surface area contributed by atoms with Gasteiger partial charge in [-0.1, -0.05) is 12.1 Å². The molecule has 3 rings (SSSR count). The predicted octanol–water partition coefficient (Wildman–Crippen LogP) is 4.33. The lowest BCUT2D eigenvalue weighted by Crippen LogP contribution is -1.95. The highest BCUT2D eigenvalue weighted by Gasteiger charge is 2.08. The number of fused-ring (bicyclic) bond motifs is 1. The van der Waals surface area contributed by atoms with Crippen LogP contribution in [-0.2, 0) is 0 Å². The van der Waals surface area contributed by atoms with Crippen molar-refractivity contribution in [2.45, 2.75) is 25.7 Å². The minimum atomic E-state index is -0.205. The molecular weight excluding hydrogens is 213 g/mol. The van der Waals surface area contributed by atoms with E-state index in [2.05, 4.69) is 11.1 Å². The standard InChI is InChI=1S/C15H14FN/c16-13-7-9-15-12(10-13)6-8-14(17-15)11-4-2-1-3-5-11/h4,6-10H,1-3,5H2. The number of aromatic nitrogens is 1. The smallest absolute Gasteiger partial charge is 0.123 e. The molecule has 0 radical (unpaired) electrons. The summed E-state index contributed by atoms with van der Waals surface area (Å²) in [4.78, 5) is 4.61. The molecular formula is C15H14FN. The average Bonchev–Trinajstić information content (AvgIpc) is 2.39. The van der Waals surface area contributed by atoms with Gasteiger partial charge in [0, 0.05) is 5.39 Å². The third-order valence-corrected chi connectivity index (χ3v) is 3.27. The van der Waals surface area contributed by atoms with Crippen LogP contribution in [0.3, 0.4) is 0 Å². The highest BCUT2D eigenvalue weighted by molar-refractivity contribution is 5.81. The van der Waals surface area contributed by atoms with E-state index in [4.69, 9.17) is 0 Å². The number of allylic oxidation sites excluding steroid dienone is 2. The summed E-state index contributed by atoms with van der Waals surface area (Å²) in [5, 5.41) is 0.866. The summed E-state index contributed by atoms with van der Waals surface area (Å²) in [6.45, 7) is 0. The summed E-state index contributed by atoms with van der Waals surface area (Å²) in [6.07, 6.45) is 7.07. The van der Waals surface area contributed by atoms with Crippen LogP contribution in [0, 0.1) is 5.82 Å². The number of hydrogen-bond donors (Lipinski definition) is 0. The Labute approximate surface area is 100.0 Å². The zero-order valence-electron chi connectivity index (χ0n) is 9.62. The van der Waals surface area contributed by atoms with Crippen LogP contribution in [0.15, 0.2) is 36.4 Å². The van der Waals surface area contributed by atoms with Crippen molar-refractivity contribution in [2.75, 3.05) is 0 Å².